The standard InChI is InChI=1S/C22H16ClFN4O4S/c23-14-6-4-13(5-7-14)11-27-22(30)17-12-26-20-16(21(17)29)9-15(24)10-18(20)33(31,32)28-19-3-1-2-8-25-19/h1-10,12H,11H2,(H,25,28)(H,26,29)(H,27,30). The van der Waals surface area contributed by atoms with Crippen molar-refractivity contribution in [3.05, 3.63) is 99.2 Å². The van der Waals surface area contributed by atoms with Gasteiger partial charge in [-0.15, -0.1) is 0 Å². The van der Waals surface area contributed by atoms with Crippen LogP contribution in [0.2, 0.25) is 5.02 Å². The van der Waals surface area contributed by atoms with Crippen LogP contribution >= 0.6 is 11.6 Å². The number of halogens is 2. The third-order valence-electron chi connectivity index (χ3n) is 4.72. The van der Waals surface area contributed by atoms with Gasteiger partial charge in [0.05, 0.1) is 10.9 Å². The Morgan fingerprint density at radius 3 is 2.58 bits per heavy atom. The number of fused-ring (bicyclic) bond motifs is 1. The molecule has 1 amide bonds. The van der Waals surface area contributed by atoms with Crippen molar-refractivity contribution in [1.29, 1.82) is 0 Å². The summed E-state index contributed by atoms with van der Waals surface area (Å²) in [7, 11) is -4.30. The predicted molar refractivity (Wildman–Crippen MR) is 122 cm³/mol. The van der Waals surface area contributed by atoms with Gasteiger partial charge >= 0.3 is 0 Å². The van der Waals surface area contributed by atoms with Gasteiger partial charge in [-0.3, -0.25) is 14.3 Å². The lowest BCUT2D eigenvalue weighted by Gasteiger charge is -2.11. The van der Waals surface area contributed by atoms with Crippen LogP contribution in [0, 0.1) is 5.82 Å². The van der Waals surface area contributed by atoms with E-state index in [-0.39, 0.29) is 28.8 Å². The van der Waals surface area contributed by atoms with Gasteiger partial charge in [0.25, 0.3) is 15.9 Å². The van der Waals surface area contributed by atoms with Gasteiger partial charge in [0.2, 0.25) is 5.43 Å². The van der Waals surface area contributed by atoms with Crippen molar-refractivity contribution < 1.29 is 17.6 Å². The lowest BCUT2D eigenvalue weighted by atomic mass is 10.1. The molecule has 0 saturated heterocycles. The number of aromatic amines is 1. The number of rotatable bonds is 6. The summed E-state index contributed by atoms with van der Waals surface area (Å²) in [5.41, 5.74) is -0.488. The Morgan fingerprint density at radius 2 is 1.88 bits per heavy atom. The average Bonchev–Trinajstić information content (AvgIpc) is 2.79. The van der Waals surface area contributed by atoms with Gasteiger partial charge in [-0.2, -0.15) is 0 Å². The first-order valence-electron chi connectivity index (χ1n) is 9.56. The molecule has 2 aromatic carbocycles. The molecule has 2 heterocycles. The summed E-state index contributed by atoms with van der Waals surface area (Å²) in [6.07, 6.45) is 2.48. The summed E-state index contributed by atoms with van der Waals surface area (Å²) >= 11 is 5.84. The number of nitrogens with zero attached hydrogens (tertiary/aromatic N) is 1. The second-order valence-corrected chi connectivity index (χ2v) is 9.07. The van der Waals surface area contributed by atoms with Crippen LogP contribution in [-0.2, 0) is 16.6 Å². The highest BCUT2D eigenvalue weighted by Crippen LogP contribution is 2.23. The molecule has 0 fully saturated rings. The van der Waals surface area contributed by atoms with E-state index >= 15 is 0 Å². The Balaban J connectivity index is 1.68. The van der Waals surface area contributed by atoms with Crippen LogP contribution in [0.5, 0.6) is 0 Å². The number of amides is 1. The second-order valence-electron chi connectivity index (χ2n) is 6.99. The Bertz CT molecular complexity index is 1510. The first kappa shape index (κ1) is 22.4. The maximum Gasteiger partial charge on any atom is 0.265 e. The van der Waals surface area contributed by atoms with E-state index in [1.54, 1.807) is 36.4 Å². The molecule has 3 N–H and O–H groups in total. The smallest absolute Gasteiger partial charge is 0.265 e. The van der Waals surface area contributed by atoms with E-state index in [4.69, 9.17) is 11.6 Å². The lowest BCUT2D eigenvalue weighted by Crippen LogP contribution is -2.28. The van der Waals surface area contributed by atoms with E-state index in [2.05, 4.69) is 20.0 Å². The third kappa shape index (κ3) is 4.86. The SMILES string of the molecule is O=C(NCc1ccc(Cl)cc1)c1c[nH]c2c(S(=O)(=O)Nc3ccccn3)cc(F)cc2c1=O. The van der Waals surface area contributed by atoms with Crippen molar-refractivity contribution in [2.45, 2.75) is 11.4 Å². The van der Waals surface area contributed by atoms with Gasteiger partial charge < -0.3 is 10.3 Å². The number of aromatic nitrogens is 2. The number of pyridine rings is 2. The van der Waals surface area contributed by atoms with Gasteiger partial charge in [-0.1, -0.05) is 29.8 Å². The summed E-state index contributed by atoms with van der Waals surface area (Å²) in [6.45, 7) is 0.129. The van der Waals surface area contributed by atoms with Crippen molar-refractivity contribution >= 4 is 44.3 Å². The van der Waals surface area contributed by atoms with Gasteiger partial charge in [0.1, 0.15) is 22.1 Å². The van der Waals surface area contributed by atoms with Crippen LogP contribution in [-0.4, -0.2) is 24.3 Å². The zero-order valence-corrected chi connectivity index (χ0v) is 18.4. The van der Waals surface area contributed by atoms with Crippen LogP contribution in [0.15, 0.2) is 76.7 Å². The molecule has 0 radical (unpaired) electrons. The number of carbonyl (C=O) groups excluding carboxylic acids is 1. The number of hydrogen-bond acceptors (Lipinski definition) is 5. The van der Waals surface area contributed by atoms with Crippen LogP contribution in [0.4, 0.5) is 10.2 Å². The lowest BCUT2D eigenvalue weighted by molar-refractivity contribution is 0.0949. The average molecular weight is 487 g/mol. The topological polar surface area (TPSA) is 121 Å². The van der Waals surface area contributed by atoms with Crippen molar-refractivity contribution in [3.63, 3.8) is 0 Å². The molecule has 0 aliphatic heterocycles. The Kier molecular flexibility index (Phi) is 6.12. The summed E-state index contributed by atoms with van der Waals surface area (Å²) in [6, 6.07) is 13.0. The molecular weight excluding hydrogens is 471 g/mol. The molecule has 0 aliphatic carbocycles. The van der Waals surface area contributed by atoms with Crippen molar-refractivity contribution in [3.8, 4) is 0 Å². The molecule has 11 heteroatoms. The van der Waals surface area contributed by atoms with E-state index in [1.165, 1.54) is 12.3 Å². The fourth-order valence-corrected chi connectivity index (χ4v) is 4.48. The minimum absolute atomic E-state index is 0.0236. The number of anilines is 1. The number of carbonyl (C=O) groups is 1. The number of hydrogen-bond donors (Lipinski definition) is 3. The minimum Gasteiger partial charge on any atom is -0.359 e. The number of sulfonamides is 1. The fourth-order valence-electron chi connectivity index (χ4n) is 3.14. The molecule has 33 heavy (non-hydrogen) atoms. The molecule has 0 atom stereocenters. The number of H-pyrrole nitrogens is 1. The molecule has 8 nitrogen and oxygen atoms in total. The zero-order chi connectivity index (χ0) is 23.6. The highest BCUT2D eigenvalue weighted by atomic mass is 35.5. The van der Waals surface area contributed by atoms with Crippen molar-refractivity contribution in [1.82, 2.24) is 15.3 Å². The maximum atomic E-state index is 14.3. The number of nitrogens with one attached hydrogen (secondary N) is 3. The quantitative estimate of drug-likeness (QED) is 0.385. The summed E-state index contributed by atoms with van der Waals surface area (Å²) < 4.78 is 42.3. The molecule has 4 aromatic rings. The van der Waals surface area contributed by atoms with Crippen LogP contribution < -0.4 is 15.5 Å². The maximum absolute atomic E-state index is 14.3. The van der Waals surface area contributed by atoms with E-state index in [0.29, 0.717) is 5.02 Å². The minimum atomic E-state index is -4.30. The zero-order valence-electron chi connectivity index (χ0n) is 16.8. The summed E-state index contributed by atoms with van der Waals surface area (Å²) in [5.74, 6) is -1.63. The molecule has 168 valence electrons. The molecule has 0 saturated carbocycles. The van der Waals surface area contributed by atoms with Crippen LogP contribution in [0.3, 0.4) is 0 Å². The first-order valence-corrected chi connectivity index (χ1v) is 11.4. The van der Waals surface area contributed by atoms with Crippen molar-refractivity contribution in [2.24, 2.45) is 0 Å². The predicted octanol–water partition coefficient (Wildman–Crippen LogP) is 3.45. The van der Waals surface area contributed by atoms with Gasteiger partial charge in [0.15, 0.2) is 0 Å². The third-order valence-corrected chi connectivity index (χ3v) is 6.35. The van der Waals surface area contributed by atoms with Gasteiger partial charge in [-0.05, 0) is 42.0 Å². The Labute approximate surface area is 192 Å². The monoisotopic (exact) mass is 486 g/mol. The van der Waals surface area contributed by atoms with Crippen molar-refractivity contribution in [2.75, 3.05) is 4.72 Å². The molecule has 0 spiro atoms. The van der Waals surface area contributed by atoms with E-state index in [0.717, 1.165) is 23.9 Å². The van der Waals surface area contributed by atoms with E-state index in [1.807, 2.05) is 0 Å². The summed E-state index contributed by atoms with van der Waals surface area (Å²) in [5, 5.41) is 2.86. The summed E-state index contributed by atoms with van der Waals surface area (Å²) in [4.78, 5) is 31.5. The normalized spacial score (nSPS) is 11.3. The first-order chi connectivity index (χ1) is 15.7. The molecular formula is C22H16ClFN4O4S. The molecule has 2 aromatic heterocycles. The second kappa shape index (κ2) is 9.00. The van der Waals surface area contributed by atoms with Crippen LogP contribution in [0.25, 0.3) is 10.9 Å². The fraction of sp³-hybridized carbons (Fsp3) is 0.0455. The molecule has 0 aliphatic rings. The van der Waals surface area contributed by atoms with Gasteiger partial charge in [0, 0.05) is 24.0 Å². The molecule has 0 bridgehead atoms. The number of benzene rings is 2. The van der Waals surface area contributed by atoms with Crippen LogP contribution in [0.1, 0.15) is 15.9 Å². The van der Waals surface area contributed by atoms with E-state index in [9.17, 15) is 22.4 Å². The highest BCUT2D eigenvalue weighted by molar-refractivity contribution is 7.93. The van der Waals surface area contributed by atoms with Gasteiger partial charge in [-0.25, -0.2) is 17.8 Å². The Hall–Kier alpha value is -3.76. The molecule has 4 rings (SSSR count). The Morgan fingerprint density at radius 1 is 1.12 bits per heavy atom. The largest absolute Gasteiger partial charge is 0.359 e. The molecule has 0 unspecified atom stereocenters. The highest BCUT2D eigenvalue weighted by Gasteiger charge is 2.23. The van der Waals surface area contributed by atoms with E-state index < -0.39 is 32.1 Å².